The van der Waals surface area contributed by atoms with Gasteiger partial charge in [0.05, 0.1) is 0 Å². The number of carbonyl (C=O) groups excluding carboxylic acids is 1. The maximum Gasteiger partial charge on any atom is 0.246 e. The average molecular weight is 187 g/mol. The van der Waals surface area contributed by atoms with E-state index in [0.717, 1.165) is 13.0 Å². The van der Waals surface area contributed by atoms with Crippen molar-refractivity contribution in [2.45, 2.75) is 34.1 Å². The number of carbonyl (C=O) groups is 1. The molecule has 0 saturated heterocycles. The molecule has 0 aromatic carbocycles. The van der Waals surface area contributed by atoms with E-state index in [4.69, 9.17) is 4.74 Å². The minimum Gasteiger partial charge on any atom is -0.372 e. The SMILES string of the molecule is CCOCC(=O)NCC(C)(C)CC. The molecule has 0 aromatic rings. The van der Waals surface area contributed by atoms with Gasteiger partial charge in [0.25, 0.3) is 0 Å². The predicted molar refractivity (Wildman–Crippen MR) is 53.6 cm³/mol. The van der Waals surface area contributed by atoms with Crippen LogP contribution >= 0.6 is 0 Å². The van der Waals surface area contributed by atoms with Crippen LogP contribution in [0.25, 0.3) is 0 Å². The molecule has 0 rings (SSSR count). The van der Waals surface area contributed by atoms with E-state index >= 15 is 0 Å². The van der Waals surface area contributed by atoms with Crippen LogP contribution in [0.1, 0.15) is 34.1 Å². The van der Waals surface area contributed by atoms with E-state index in [-0.39, 0.29) is 17.9 Å². The van der Waals surface area contributed by atoms with Gasteiger partial charge in [0.1, 0.15) is 6.61 Å². The molecular weight excluding hydrogens is 166 g/mol. The van der Waals surface area contributed by atoms with Gasteiger partial charge in [-0.3, -0.25) is 4.79 Å². The second-order valence-corrected chi connectivity index (χ2v) is 3.93. The first kappa shape index (κ1) is 12.4. The molecule has 0 radical (unpaired) electrons. The monoisotopic (exact) mass is 187 g/mol. The maximum absolute atomic E-state index is 11.1. The summed E-state index contributed by atoms with van der Waals surface area (Å²) in [5.41, 5.74) is 0.182. The molecule has 1 N–H and O–H groups in total. The second-order valence-electron chi connectivity index (χ2n) is 3.93. The average Bonchev–Trinajstić information content (AvgIpc) is 2.11. The number of rotatable bonds is 6. The van der Waals surface area contributed by atoms with Gasteiger partial charge in [-0.1, -0.05) is 20.8 Å². The molecule has 0 aliphatic heterocycles. The van der Waals surface area contributed by atoms with Crippen LogP contribution in [0.3, 0.4) is 0 Å². The fourth-order valence-electron chi connectivity index (χ4n) is 0.709. The van der Waals surface area contributed by atoms with Crippen LogP contribution in [0.15, 0.2) is 0 Å². The zero-order valence-corrected chi connectivity index (χ0v) is 9.14. The Morgan fingerprint density at radius 3 is 2.46 bits per heavy atom. The van der Waals surface area contributed by atoms with Crippen molar-refractivity contribution in [3.8, 4) is 0 Å². The van der Waals surface area contributed by atoms with Gasteiger partial charge in [0.15, 0.2) is 0 Å². The molecule has 0 heterocycles. The Morgan fingerprint density at radius 2 is 2.00 bits per heavy atom. The quantitative estimate of drug-likeness (QED) is 0.685. The smallest absolute Gasteiger partial charge is 0.246 e. The van der Waals surface area contributed by atoms with Crippen molar-refractivity contribution in [3.63, 3.8) is 0 Å². The van der Waals surface area contributed by atoms with Gasteiger partial charge < -0.3 is 10.1 Å². The van der Waals surface area contributed by atoms with Crippen molar-refractivity contribution in [1.82, 2.24) is 5.32 Å². The normalized spacial score (nSPS) is 11.4. The van der Waals surface area contributed by atoms with Gasteiger partial charge in [-0.15, -0.1) is 0 Å². The number of nitrogens with one attached hydrogen (secondary N) is 1. The van der Waals surface area contributed by atoms with Gasteiger partial charge in [-0.25, -0.2) is 0 Å². The second kappa shape index (κ2) is 5.97. The molecule has 0 bridgehead atoms. The first-order valence-corrected chi connectivity index (χ1v) is 4.86. The number of hydrogen-bond donors (Lipinski definition) is 1. The standard InChI is InChI=1S/C10H21NO2/c1-5-10(3,4)8-11-9(12)7-13-6-2/h5-8H2,1-4H3,(H,11,12). The van der Waals surface area contributed by atoms with Crippen molar-refractivity contribution >= 4 is 5.91 Å². The molecule has 1 amide bonds. The Hall–Kier alpha value is -0.570. The van der Waals surface area contributed by atoms with Crippen LogP contribution in [0.5, 0.6) is 0 Å². The molecular formula is C10H21NO2. The minimum atomic E-state index is -0.0247. The highest BCUT2D eigenvalue weighted by molar-refractivity contribution is 5.77. The molecule has 0 fully saturated rings. The Bertz CT molecular complexity index is 155. The van der Waals surface area contributed by atoms with Crippen LogP contribution in [0.2, 0.25) is 0 Å². The summed E-state index contributed by atoms with van der Waals surface area (Å²) in [7, 11) is 0. The molecule has 0 atom stereocenters. The molecule has 0 aliphatic carbocycles. The summed E-state index contributed by atoms with van der Waals surface area (Å²) >= 11 is 0. The Balaban J connectivity index is 3.57. The van der Waals surface area contributed by atoms with E-state index in [0.29, 0.717) is 6.61 Å². The van der Waals surface area contributed by atoms with Crippen LogP contribution < -0.4 is 5.32 Å². The lowest BCUT2D eigenvalue weighted by molar-refractivity contribution is -0.126. The molecule has 0 aromatic heterocycles. The summed E-state index contributed by atoms with van der Waals surface area (Å²) in [6.45, 7) is 9.75. The zero-order chi connectivity index (χ0) is 10.3. The summed E-state index contributed by atoms with van der Waals surface area (Å²) < 4.78 is 4.98. The number of amides is 1. The molecule has 0 spiro atoms. The fourth-order valence-corrected chi connectivity index (χ4v) is 0.709. The highest BCUT2D eigenvalue weighted by Crippen LogP contribution is 2.17. The van der Waals surface area contributed by atoms with E-state index in [1.807, 2.05) is 6.92 Å². The summed E-state index contributed by atoms with van der Waals surface area (Å²) in [5.74, 6) is -0.0247. The van der Waals surface area contributed by atoms with Gasteiger partial charge in [0, 0.05) is 13.2 Å². The minimum absolute atomic E-state index is 0.0247. The molecule has 13 heavy (non-hydrogen) atoms. The van der Waals surface area contributed by atoms with Crippen LogP contribution in [0, 0.1) is 5.41 Å². The zero-order valence-electron chi connectivity index (χ0n) is 9.14. The van der Waals surface area contributed by atoms with Gasteiger partial charge >= 0.3 is 0 Å². The van der Waals surface area contributed by atoms with Crippen molar-refractivity contribution < 1.29 is 9.53 Å². The molecule has 3 heteroatoms. The maximum atomic E-state index is 11.1. The Kier molecular flexibility index (Phi) is 5.71. The van der Waals surface area contributed by atoms with E-state index in [1.54, 1.807) is 0 Å². The predicted octanol–water partition coefficient (Wildman–Crippen LogP) is 1.58. The number of ether oxygens (including phenoxy) is 1. The topological polar surface area (TPSA) is 38.3 Å². The first-order chi connectivity index (χ1) is 6.02. The van der Waals surface area contributed by atoms with Gasteiger partial charge in [-0.2, -0.15) is 0 Å². The highest BCUT2D eigenvalue weighted by Gasteiger charge is 2.15. The first-order valence-electron chi connectivity index (χ1n) is 4.86. The van der Waals surface area contributed by atoms with E-state index in [1.165, 1.54) is 0 Å². The molecule has 78 valence electrons. The van der Waals surface area contributed by atoms with Crippen molar-refractivity contribution in [1.29, 1.82) is 0 Å². The van der Waals surface area contributed by atoms with Crippen molar-refractivity contribution in [3.05, 3.63) is 0 Å². The third-order valence-electron chi connectivity index (χ3n) is 2.16. The fraction of sp³-hybridized carbons (Fsp3) is 0.900. The van der Waals surface area contributed by atoms with Crippen molar-refractivity contribution in [2.75, 3.05) is 19.8 Å². The lowest BCUT2D eigenvalue weighted by atomic mass is 9.90. The van der Waals surface area contributed by atoms with E-state index in [9.17, 15) is 4.79 Å². The lowest BCUT2D eigenvalue weighted by Crippen LogP contribution is -2.35. The van der Waals surface area contributed by atoms with Gasteiger partial charge in [0.2, 0.25) is 5.91 Å². The largest absolute Gasteiger partial charge is 0.372 e. The van der Waals surface area contributed by atoms with Gasteiger partial charge in [-0.05, 0) is 18.8 Å². The summed E-state index contributed by atoms with van der Waals surface area (Å²) in [5, 5.41) is 2.84. The summed E-state index contributed by atoms with van der Waals surface area (Å²) in [4.78, 5) is 11.1. The Morgan fingerprint density at radius 1 is 1.38 bits per heavy atom. The van der Waals surface area contributed by atoms with Crippen molar-refractivity contribution in [2.24, 2.45) is 5.41 Å². The van der Waals surface area contributed by atoms with E-state index in [2.05, 4.69) is 26.1 Å². The third kappa shape index (κ3) is 6.58. The molecule has 0 saturated carbocycles. The molecule has 3 nitrogen and oxygen atoms in total. The lowest BCUT2D eigenvalue weighted by Gasteiger charge is -2.22. The highest BCUT2D eigenvalue weighted by atomic mass is 16.5. The summed E-state index contributed by atoms with van der Waals surface area (Å²) in [6, 6.07) is 0. The van der Waals surface area contributed by atoms with E-state index < -0.39 is 0 Å². The van der Waals surface area contributed by atoms with Crippen LogP contribution in [-0.4, -0.2) is 25.7 Å². The molecule has 0 aliphatic rings. The number of hydrogen-bond acceptors (Lipinski definition) is 2. The van der Waals surface area contributed by atoms with Crippen LogP contribution in [-0.2, 0) is 9.53 Å². The van der Waals surface area contributed by atoms with Crippen LogP contribution in [0.4, 0.5) is 0 Å². The summed E-state index contributed by atoms with van der Waals surface area (Å²) in [6.07, 6.45) is 1.06. The Labute approximate surface area is 80.8 Å². The third-order valence-corrected chi connectivity index (χ3v) is 2.16. The molecule has 0 unspecified atom stereocenters.